The lowest BCUT2D eigenvalue weighted by atomic mass is 9.50. The van der Waals surface area contributed by atoms with Gasteiger partial charge in [-0.3, -0.25) is 0 Å². The first-order valence-corrected chi connectivity index (χ1v) is 8.24. The molecule has 0 aromatic heterocycles. The molecule has 20 heavy (non-hydrogen) atoms. The van der Waals surface area contributed by atoms with E-state index < -0.39 is 0 Å². The smallest absolute Gasteiger partial charge is 0.0957 e. The van der Waals surface area contributed by atoms with Crippen LogP contribution in [0.4, 0.5) is 0 Å². The molecule has 0 aromatic rings. The molecule has 1 unspecified atom stereocenters. The third kappa shape index (κ3) is 2.53. The molecule has 0 spiro atoms. The van der Waals surface area contributed by atoms with E-state index >= 15 is 0 Å². The molecule has 1 N–H and O–H groups in total. The zero-order valence-electron chi connectivity index (χ0n) is 13.2. The zero-order valence-corrected chi connectivity index (χ0v) is 13.2. The van der Waals surface area contributed by atoms with E-state index in [0.29, 0.717) is 5.92 Å². The average Bonchev–Trinajstić information content (AvgIpc) is 2.33. The van der Waals surface area contributed by atoms with Crippen LogP contribution in [0, 0.1) is 40.9 Å². The van der Waals surface area contributed by atoms with Crippen LogP contribution < -0.4 is 5.32 Å². The van der Waals surface area contributed by atoms with Gasteiger partial charge in [0.15, 0.2) is 0 Å². The zero-order chi connectivity index (χ0) is 14.5. The van der Waals surface area contributed by atoms with E-state index in [2.05, 4.69) is 38.7 Å². The van der Waals surface area contributed by atoms with Gasteiger partial charge in [0.1, 0.15) is 0 Å². The molecule has 0 heterocycles. The molecule has 0 aliphatic heterocycles. The van der Waals surface area contributed by atoms with Gasteiger partial charge in [-0.15, -0.1) is 0 Å². The van der Waals surface area contributed by atoms with E-state index in [1.54, 1.807) is 0 Å². The summed E-state index contributed by atoms with van der Waals surface area (Å²) in [6.07, 6.45) is 7.09. The van der Waals surface area contributed by atoms with Gasteiger partial charge >= 0.3 is 0 Å². The number of nitrogens with one attached hydrogen (secondary N) is 1. The second-order valence-corrected chi connectivity index (χ2v) is 8.52. The summed E-state index contributed by atoms with van der Waals surface area (Å²) in [6, 6.07) is 2.53. The lowest BCUT2D eigenvalue weighted by Crippen LogP contribution is -2.56. The van der Waals surface area contributed by atoms with Crippen LogP contribution >= 0.6 is 0 Å². The lowest BCUT2D eigenvalue weighted by molar-refractivity contribution is -0.0488. The van der Waals surface area contributed by atoms with E-state index in [9.17, 15) is 5.26 Å². The Labute approximate surface area is 123 Å². The molecule has 4 aliphatic carbocycles. The molecule has 4 fully saturated rings. The number of hydrogen-bond acceptors (Lipinski definition) is 2. The van der Waals surface area contributed by atoms with Gasteiger partial charge in [0.2, 0.25) is 0 Å². The van der Waals surface area contributed by atoms with E-state index in [-0.39, 0.29) is 11.6 Å². The van der Waals surface area contributed by atoms with Gasteiger partial charge in [0.25, 0.3) is 0 Å². The predicted octanol–water partition coefficient (Wildman–Crippen LogP) is 3.90. The number of hydrogen-bond donors (Lipinski definition) is 1. The summed E-state index contributed by atoms with van der Waals surface area (Å²) < 4.78 is 0. The molecule has 0 radical (unpaired) electrons. The Hall–Kier alpha value is -0.810. The Morgan fingerprint density at radius 1 is 1.10 bits per heavy atom. The molecule has 0 saturated heterocycles. The van der Waals surface area contributed by atoms with Gasteiger partial charge in [0, 0.05) is 17.2 Å². The van der Waals surface area contributed by atoms with Crippen molar-refractivity contribution in [2.75, 3.05) is 0 Å². The Balaban J connectivity index is 1.84. The van der Waals surface area contributed by atoms with E-state index in [1.807, 2.05) is 0 Å². The first-order chi connectivity index (χ1) is 9.37. The first kappa shape index (κ1) is 14.1. The van der Waals surface area contributed by atoms with Crippen LogP contribution in [-0.4, -0.2) is 11.6 Å². The van der Waals surface area contributed by atoms with Gasteiger partial charge in [-0.05, 0) is 82.5 Å². The summed E-state index contributed by atoms with van der Waals surface area (Å²) >= 11 is 0. The summed E-state index contributed by atoms with van der Waals surface area (Å²) in [5.74, 6) is 4.28. The molecule has 110 valence electrons. The monoisotopic (exact) mass is 272 g/mol. The molecule has 4 saturated carbocycles. The summed E-state index contributed by atoms with van der Waals surface area (Å²) in [5, 5.41) is 13.1. The normalized spacial score (nSPS) is 40.4. The van der Waals surface area contributed by atoms with Crippen molar-refractivity contribution in [3.63, 3.8) is 0 Å². The van der Waals surface area contributed by atoms with Crippen molar-refractivity contribution in [3.8, 4) is 6.07 Å². The number of rotatable bonds is 3. The van der Waals surface area contributed by atoms with E-state index in [0.717, 1.165) is 29.2 Å². The SMILES string of the molecule is C=C(C#N)C(NC(C)(C)C)C1C2CC3CC(C2)CC1C3. The molecule has 4 rings (SSSR count). The summed E-state index contributed by atoms with van der Waals surface area (Å²) in [5.41, 5.74) is 0.788. The largest absolute Gasteiger partial charge is 0.304 e. The summed E-state index contributed by atoms with van der Waals surface area (Å²) in [4.78, 5) is 0. The van der Waals surface area contributed by atoms with Crippen LogP contribution in [0.5, 0.6) is 0 Å². The van der Waals surface area contributed by atoms with Gasteiger partial charge in [-0.2, -0.15) is 5.26 Å². The number of nitriles is 1. The van der Waals surface area contributed by atoms with Crippen molar-refractivity contribution >= 4 is 0 Å². The standard InChI is InChI=1S/C18H28N2/c1-11(10-19)17(20-18(2,3)4)16-14-6-12-5-13(8-14)9-15(16)7-12/h12-17,20H,1,5-9H2,2-4H3. The molecule has 0 aromatic carbocycles. The Kier molecular flexibility index (Phi) is 3.45. The van der Waals surface area contributed by atoms with Crippen LogP contribution in [0.25, 0.3) is 0 Å². The molecule has 0 amide bonds. The van der Waals surface area contributed by atoms with Crippen molar-refractivity contribution in [3.05, 3.63) is 12.2 Å². The molecule has 4 aliphatic rings. The fraction of sp³-hybridized carbons (Fsp3) is 0.833. The quantitative estimate of drug-likeness (QED) is 0.791. The average molecular weight is 272 g/mol. The Morgan fingerprint density at radius 2 is 1.60 bits per heavy atom. The molecule has 4 bridgehead atoms. The molecular weight excluding hydrogens is 244 g/mol. The van der Waals surface area contributed by atoms with Crippen LogP contribution in [-0.2, 0) is 0 Å². The minimum atomic E-state index is 0.0408. The Morgan fingerprint density at radius 3 is 2.00 bits per heavy atom. The molecule has 2 heteroatoms. The third-order valence-electron chi connectivity index (χ3n) is 5.79. The van der Waals surface area contributed by atoms with Crippen molar-refractivity contribution in [1.82, 2.24) is 5.32 Å². The van der Waals surface area contributed by atoms with E-state index in [1.165, 1.54) is 32.1 Å². The summed E-state index contributed by atoms with van der Waals surface area (Å²) in [7, 11) is 0. The van der Waals surface area contributed by atoms with Crippen LogP contribution in [0.1, 0.15) is 52.9 Å². The fourth-order valence-electron chi connectivity index (χ4n) is 5.46. The molecule has 1 atom stereocenters. The van der Waals surface area contributed by atoms with Crippen LogP contribution in [0.3, 0.4) is 0 Å². The maximum atomic E-state index is 9.37. The minimum Gasteiger partial charge on any atom is -0.304 e. The highest BCUT2D eigenvalue weighted by Crippen LogP contribution is 2.57. The van der Waals surface area contributed by atoms with Crippen LogP contribution in [0.15, 0.2) is 12.2 Å². The predicted molar refractivity (Wildman–Crippen MR) is 82.0 cm³/mol. The van der Waals surface area contributed by atoms with Crippen molar-refractivity contribution in [2.45, 2.75) is 64.5 Å². The highest BCUT2D eigenvalue weighted by atomic mass is 15.0. The maximum Gasteiger partial charge on any atom is 0.0957 e. The minimum absolute atomic E-state index is 0.0408. The topological polar surface area (TPSA) is 35.8 Å². The van der Waals surface area contributed by atoms with Crippen molar-refractivity contribution < 1.29 is 0 Å². The molecular formula is C18H28N2. The third-order valence-corrected chi connectivity index (χ3v) is 5.79. The van der Waals surface area contributed by atoms with Crippen molar-refractivity contribution in [2.24, 2.45) is 29.6 Å². The molecule has 2 nitrogen and oxygen atoms in total. The lowest BCUT2D eigenvalue weighted by Gasteiger charge is -2.57. The highest BCUT2D eigenvalue weighted by Gasteiger charge is 2.51. The van der Waals surface area contributed by atoms with Gasteiger partial charge in [-0.1, -0.05) is 6.58 Å². The first-order valence-electron chi connectivity index (χ1n) is 8.24. The maximum absolute atomic E-state index is 9.37. The van der Waals surface area contributed by atoms with Gasteiger partial charge in [-0.25, -0.2) is 0 Å². The second kappa shape index (κ2) is 4.88. The van der Waals surface area contributed by atoms with E-state index in [4.69, 9.17) is 0 Å². The fourth-order valence-corrected chi connectivity index (χ4v) is 5.46. The number of nitrogens with zero attached hydrogens (tertiary/aromatic N) is 1. The van der Waals surface area contributed by atoms with Crippen molar-refractivity contribution in [1.29, 1.82) is 5.26 Å². The Bertz CT molecular complexity index is 409. The van der Waals surface area contributed by atoms with Gasteiger partial charge in [0.05, 0.1) is 6.07 Å². The van der Waals surface area contributed by atoms with Crippen LogP contribution in [0.2, 0.25) is 0 Å². The highest BCUT2D eigenvalue weighted by molar-refractivity contribution is 5.26. The summed E-state index contributed by atoms with van der Waals surface area (Å²) in [6.45, 7) is 10.7. The van der Waals surface area contributed by atoms with Gasteiger partial charge < -0.3 is 5.32 Å². The second-order valence-electron chi connectivity index (χ2n) is 8.52.